The monoisotopic (exact) mass is 277 g/mol. The number of anilines is 1. The summed E-state index contributed by atoms with van der Waals surface area (Å²) < 4.78 is 4.90. The largest absolute Gasteiger partial charge is 0.461 e. The average Bonchev–Trinajstić information content (AvgIpc) is 2.40. The second-order valence-corrected chi connectivity index (χ2v) is 4.11. The number of esters is 1. The summed E-state index contributed by atoms with van der Waals surface area (Å²) >= 11 is 0. The van der Waals surface area contributed by atoms with Gasteiger partial charge < -0.3 is 20.3 Å². The van der Waals surface area contributed by atoms with Crippen LogP contribution in [-0.4, -0.2) is 37.6 Å². The van der Waals surface area contributed by atoms with E-state index in [2.05, 4.69) is 10.6 Å². The van der Waals surface area contributed by atoms with Crippen molar-refractivity contribution >= 4 is 17.7 Å². The van der Waals surface area contributed by atoms with Crippen LogP contribution in [0.25, 0.3) is 0 Å². The van der Waals surface area contributed by atoms with Crippen molar-refractivity contribution in [3.05, 3.63) is 42.2 Å². The van der Waals surface area contributed by atoms with Crippen LogP contribution in [0.2, 0.25) is 0 Å². The van der Waals surface area contributed by atoms with Crippen LogP contribution >= 0.6 is 0 Å². The minimum Gasteiger partial charge on any atom is -0.461 e. The zero-order valence-electron chi connectivity index (χ0n) is 11.8. The Hall–Kier alpha value is -2.50. The molecule has 1 aromatic carbocycles. The molecule has 0 aliphatic heterocycles. The van der Waals surface area contributed by atoms with Gasteiger partial charge in [-0.2, -0.15) is 0 Å². The number of para-hydroxylation sites is 1. The van der Waals surface area contributed by atoms with Crippen LogP contribution < -0.4 is 10.6 Å². The van der Waals surface area contributed by atoms with Crippen molar-refractivity contribution in [2.75, 3.05) is 26.0 Å². The fraction of sp³-hybridized carbons (Fsp3) is 0.286. The Labute approximate surface area is 118 Å². The molecule has 6 nitrogen and oxygen atoms in total. The number of nitrogens with zero attached hydrogens (tertiary/aromatic N) is 1. The topological polar surface area (TPSA) is 70.7 Å². The molecular formula is C14H19N3O3. The lowest BCUT2D eigenvalue weighted by Crippen LogP contribution is -2.29. The first-order valence-corrected chi connectivity index (χ1v) is 6.21. The molecule has 2 amide bonds. The van der Waals surface area contributed by atoms with E-state index in [1.165, 1.54) is 6.20 Å². The Kier molecular flexibility index (Phi) is 6.09. The highest BCUT2D eigenvalue weighted by atomic mass is 16.5. The highest BCUT2D eigenvalue weighted by molar-refractivity contribution is 5.92. The molecule has 108 valence electrons. The highest BCUT2D eigenvalue weighted by Gasteiger charge is 2.13. The van der Waals surface area contributed by atoms with Gasteiger partial charge in [-0.15, -0.1) is 0 Å². The maximum absolute atomic E-state index is 11.7. The van der Waals surface area contributed by atoms with Gasteiger partial charge >= 0.3 is 12.0 Å². The fourth-order valence-corrected chi connectivity index (χ4v) is 1.40. The van der Waals surface area contributed by atoms with Gasteiger partial charge in [0.1, 0.15) is 5.70 Å². The van der Waals surface area contributed by atoms with Gasteiger partial charge in [-0.1, -0.05) is 18.2 Å². The molecular weight excluding hydrogens is 258 g/mol. The molecule has 0 heterocycles. The van der Waals surface area contributed by atoms with Crippen molar-refractivity contribution in [3.8, 4) is 0 Å². The third kappa shape index (κ3) is 5.01. The molecule has 0 saturated heterocycles. The maximum atomic E-state index is 11.7. The summed E-state index contributed by atoms with van der Waals surface area (Å²) in [5.74, 6) is -0.488. The zero-order chi connectivity index (χ0) is 15.0. The van der Waals surface area contributed by atoms with Gasteiger partial charge in [0, 0.05) is 26.0 Å². The van der Waals surface area contributed by atoms with Crippen molar-refractivity contribution in [1.82, 2.24) is 10.2 Å². The van der Waals surface area contributed by atoms with E-state index in [0.717, 1.165) is 0 Å². The number of amides is 2. The number of rotatable bonds is 5. The SMILES string of the molecule is CCOC(=O)C(=CNC(=O)Nc1ccccc1)N(C)C. The van der Waals surface area contributed by atoms with Crippen molar-refractivity contribution in [1.29, 1.82) is 0 Å². The number of nitrogens with one attached hydrogen (secondary N) is 2. The van der Waals surface area contributed by atoms with E-state index in [-0.39, 0.29) is 12.3 Å². The van der Waals surface area contributed by atoms with Crippen LogP contribution in [0.15, 0.2) is 42.2 Å². The molecule has 0 fully saturated rings. The average molecular weight is 277 g/mol. The molecule has 0 spiro atoms. The second kappa shape index (κ2) is 7.83. The number of hydrogen-bond donors (Lipinski definition) is 2. The summed E-state index contributed by atoms with van der Waals surface area (Å²) in [6.45, 7) is 2.00. The van der Waals surface area contributed by atoms with E-state index in [4.69, 9.17) is 4.74 Å². The Morgan fingerprint density at radius 2 is 1.90 bits per heavy atom. The molecule has 20 heavy (non-hydrogen) atoms. The Morgan fingerprint density at radius 3 is 2.45 bits per heavy atom. The summed E-state index contributed by atoms with van der Waals surface area (Å²) in [5.41, 5.74) is 0.927. The molecule has 0 aliphatic rings. The molecule has 0 unspecified atom stereocenters. The van der Waals surface area contributed by atoms with Crippen LogP contribution in [0.4, 0.5) is 10.5 Å². The molecule has 0 saturated carbocycles. The number of benzene rings is 1. The van der Waals surface area contributed by atoms with Crippen LogP contribution in [0, 0.1) is 0 Å². The lowest BCUT2D eigenvalue weighted by Gasteiger charge is -2.15. The minimum atomic E-state index is -0.488. The predicted octanol–water partition coefficient (Wildman–Crippen LogP) is 1.77. The molecule has 0 aromatic heterocycles. The van der Waals surface area contributed by atoms with Gasteiger partial charge in [0.15, 0.2) is 0 Å². The molecule has 2 N–H and O–H groups in total. The van der Waals surface area contributed by atoms with Crippen LogP contribution in [0.5, 0.6) is 0 Å². The normalized spacial score (nSPS) is 10.7. The van der Waals surface area contributed by atoms with Gasteiger partial charge in [-0.25, -0.2) is 9.59 Å². The Balaban J connectivity index is 2.63. The molecule has 1 aromatic rings. The highest BCUT2D eigenvalue weighted by Crippen LogP contribution is 2.05. The number of carbonyl (C=O) groups is 2. The predicted molar refractivity (Wildman–Crippen MR) is 77.0 cm³/mol. The van der Waals surface area contributed by atoms with Crippen molar-refractivity contribution in [2.45, 2.75) is 6.92 Å². The summed E-state index contributed by atoms with van der Waals surface area (Å²) in [6, 6.07) is 8.58. The molecule has 1 rings (SSSR count). The summed E-state index contributed by atoms with van der Waals surface area (Å²) in [4.78, 5) is 24.9. The first-order valence-electron chi connectivity index (χ1n) is 6.21. The van der Waals surface area contributed by atoms with Gasteiger partial charge in [0.25, 0.3) is 0 Å². The fourth-order valence-electron chi connectivity index (χ4n) is 1.40. The number of ether oxygens (including phenoxy) is 1. The third-order valence-corrected chi connectivity index (χ3v) is 2.34. The first-order chi connectivity index (χ1) is 9.54. The standard InChI is InChI=1S/C14H19N3O3/c1-4-20-13(18)12(17(2)3)10-15-14(19)16-11-8-6-5-7-9-11/h5-10H,4H2,1-3H3,(H2,15,16,19). The van der Waals surface area contributed by atoms with Crippen LogP contribution in [-0.2, 0) is 9.53 Å². The second-order valence-electron chi connectivity index (χ2n) is 4.11. The molecule has 0 atom stereocenters. The van der Waals surface area contributed by atoms with E-state index >= 15 is 0 Å². The molecule has 0 aliphatic carbocycles. The van der Waals surface area contributed by atoms with Crippen LogP contribution in [0.3, 0.4) is 0 Å². The molecule has 6 heteroatoms. The summed E-state index contributed by atoms with van der Waals surface area (Å²) in [7, 11) is 3.39. The number of urea groups is 1. The summed E-state index contributed by atoms with van der Waals surface area (Å²) in [5, 5.41) is 5.14. The smallest absolute Gasteiger partial charge is 0.356 e. The van der Waals surface area contributed by atoms with Gasteiger partial charge in [-0.05, 0) is 19.1 Å². The Morgan fingerprint density at radius 1 is 1.25 bits per heavy atom. The molecule has 0 radical (unpaired) electrons. The van der Waals surface area contributed by atoms with Gasteiger partial charge in [-0.3, -0.25) is 0 Å². The zero-order valence-corrected chi connectivity index (χ0v) is 11.8. The van der Waals surface area contributed by atoms with E-state index in [0.29, 0.717) is 5.69 Å². The maximum Gasteiger partial charge on any atom is 0.356 e. The van der Waals surface area contributed by atoms with Crippen molar-refractivity contribution < 1.29 is 14.3 Å². The van der Waals surface area contributed by atoms with Crippen molar-refractivity contribution in [2.24, 2.45) is 0 Å². The van der Waals surface area contributed by atoms with E-state index < -0.39 is 12.0 Å². The number of carbonyl (C=O) groups excluding carboxylic acids is 2. The quantitative estimate of drug-likeness (QED) is 0.635. The van der Waals surface area contributed by atoms with Crippen molar-refractivity contribution in [3.63, 3.8) is 0 Å². The van der Waals surface area contributed by atoms with Crippen LogP contribution in [0.1, 0.15) is 6.92 Å². The lowest BCUT2D eigenvalue weighted by molar-refractivity contribution is -0.140. The van der Waals surface area contributed by atoms with Gasteiger partial charge in [0.05, 0.1) is 6.61 Å². The first kappa shape index (κ1) is 15.6. The number of likely N-dealkylation sites (N-methyl/N-ethyl adjacent to an activating group) is 1. The van der Waals surface area contributed by atoms with E-state index in [1.54, 1.807) is 38.1 Å². The minimum absolute atomic E-state index is 0.259. The summed E-state index contributed by atoms with van der Waals surface area (Å²) in [6.07, 6.45) is 1.32. The third-order valence-electron chi connectivity index (χ3n) is 2.34. The van der Waals surface area contributed by atoms with E-state index in [1.807, 2.05) is 18.2 Å². The number of hydrogen-bond acceptors (Lipinski definition) is 4. The van der Waals surface area contributed by atoms with Gasteiger partial charge in [0.2, 0.25) is 0 Å². The van der Waals surface area contributed by atoms with E-state index in [9.17, 15) is 9.59 Å². The lowest BCUT2D eigenvalue weighted by atomic mass is 10.3. The Bertz CT molecular complexity index is 484. The molecule has 0 bridgehead atoms.